The molecule has 0 atom stereocenters. The topological polar surface area (TPSA) is 0 Å². The molecular formula is C33H29F. The Morgan fingerprint density at radius 1 is 0.588 bits per heavy atom. The van der Waals surface area contributed by atoms with E-state index >= 15 is 4.39 Å². The van der Waals surface area contributed by atoms with Gasteiger partial charge in [-0.3, -0.25) is 0 Å². The molecule has 0 fully saturated rings. The molecule has 0 nitrogen and oxygen atoms in total. The van der Waals surface area contributed by atoms with Gasteiger partial charge in [0, 0.05) is 22.1 Å². The zero-order chi connectivity index (χ0) is 23.8. The van der Waals surface area contributed by atoms with E-state index in [-0.39, 0.29) is 5.82 Å². The second-order valence-electron chi connectivity index (χ2n) is 8.61. The van der Waals surface area contributed by atoms with Gasteiger partial charge in [0.1, 0.15) is 5.82 Å². The minimum atomic E-state index is -0.250. The lowest BCUT2D eigenvalue weighted by Gasteiger charge is -2.05. The first-order valence-electron chi connectivity index (χ1n) is 12.1. The summed E-state index contributed by atoms with van der Waals surface area (Å²) in [7, 11) is 0. The van der Waals surface area contributed by atoms with Gasteiger partial charge in [-0.2, -0.15) is 0 Å². The van der Waals surface area contributed by atoms with Crippen LogP contribution in [0.2, 0.25) is 0 Å². The first kappa shape index (κ1) is 23.4. The second-order valence-corrected chi connectivity index (χ2v) is 8.61. The van der Waals surface area contributed by atoms with E-state index in [4.69, 9.17) is 0 Å². The summed E-state index contributed by atoms with van der Waals surface area (Å²) in [6, 6.07) is 25.9. The third kappa shape index (κ3) is 5.95. The molecule has 34 heavy (non-hydrogen) atoms. The molecule has 0 saturated heterocycles. The van der Waals surface area contributed by atoms with E-state index in [1.165, 1.54) is 11.1 Å². The summed E-state index contributed by atoms with van der Waals surface area (Å²) in [6.07, 6.45) is 5.57. The zero-order valence-corrected chi connectivity index (χ0v) is 19.9. The average molecular weight is 445 g/mol. The van der Waals surface area contributed by atoms with Crippen molar-refractivity contribution in [3.8, 4) is 23.7 Å². The normalized spacial score (nSPS) is 10.3. The Labute approximate surface area is 202 Å². The van der Waals surface area contributed by atoms with Crippen LogP contribution < -0.4 is 0 Å². The number of fused-ring (bicyclic) bond motifs is 1. The highest BCUT2D eigenvalue weighted by Gasteiger charge is 2.06. The van der Waals surface area contributed by atoms with Gasteiger partial charge in [0.25, 0.3) is 0 Å². The maximum atomic E-state index is 15.0. The summed E-state index contributed by atoms with van der Waals surface area (Å²) < 4.78 is 15.0. The summed E-state index contributed by atoms with van der Waals surface area (Å²) >= 11 is 0. The lowest BCUT2D eigenvalue weighted by atomic mass is 10.0. The van der Waals surface area contributed by atoms with E-state index in [9.17, 15) is 0 Å². The van der Waals surface area contributed by atoms with Crippen LogP contribution in [0.25, 0.3) is 10.8 Å². The van der Waals surface area contributed by atoms with Gasteiger partial charge in [-0.15, -0.1) is 0 Å². The van der Waals surface area contributed by atoms with Gasteiger partial charge in [0.05, 0.1) is 5.56 Å². The Bertz CT molecular complexity index is 1390. The van der Waals surface area contributed by atoms with Crippen molar-refractivity contribution in [2.45, 2.75) is 46.0 Å². The molecule has 0 aromatic heterocycles. The van der Waals surface area contributed by atoms with Crippen molar-refractivity contribution in [1.29, 1.82) is 0 Å². The van der Waals surface area contributed by atoms with Crippen LogP contribution in [0.1, 0.15) is 66.5 Å². The van der Waals surface area contributed by atoms with Gasteiger partial charge in [-0.25, -0.2) is 4.39 Å². The van der Waals surface area contributed by atoms with Gasteiger partial charge in [-0.1, -0.05) is 86.8 Å². The second kappa shape index (κ2) is 11.4. The van der Waals surface area contributed by atoms with Crippen molar-refractivity contribution in [2.24, 2.45) is 0 Å². The molecule has 0 N–H and O–H groups in total. The predicted molar refractivity (Wildman–Crippen MR) is 141 cm³/mol. The first-order chi connectivity index (χ1) is 16.7. The molecular weight excluding hydrogens is 415 g/mol. The van der Waals surface area contributed by atoms with Crippen LogP contribution in [0.15, 0.2) is 78.9 Å². The van der Waals surface area contributed by atoms with E-state index in [2.05, 4.69) is 67.9 Å². The third-order valence-electron chi connectivity index (χ3n) is 5.91. The van der Waals surface area contributed by atoms with Gasteiger partial charge in [0.15, 0.2) is 0 Å². The van der Waals surface area contributed by atoms with Crippen molar-refractivity contribution < 1.29 is 4.39 Å². The Balaban J connectivity index is 1.47. The Morgan fingerprint density at radius 3 is 1.79 bits per heavy atom. The van der Waals surface area contributed by atoms with Crippen LogP contribution in [0, 0.1) is 29.5 Å². The van der Waals surface area contributed by atoms with Crippen LogP contribution in [0.3, 0.4) is 0 Å². The van der Waals surface area contributed by atoms with Gasteiger partial charge in [0.2, 0.25) is 0 Å². The number of benzene rings is 4. The predicted octanol–water partition coefficient (Wildman–Crippen LogP) is 8.07. The lowest BCUT2D eigenvalue weighted by Crippen LogP contribution is -1.90. The maximum absolute atomic E-state index is 15.0. The van der Waals surface area contributed by atoms with E-state index in [0.29, 0.717) is 10.9 Å². The molecule has 0 saturated carbocycles. The molecule has 0 amide bonds. The molecule has 0 aliphatic rings. The smallest absolute Gasteiger partial charge is 0.146 e. The maximum Gasteiger partial charge on any atom is 0.146 e. The minimum absolute atomic E-state index is 0.250. The van der Waals surface area contributed by atoms with Crippen molar-refractivity contribution in [1.82, 2.24) is 0 Å². The molecule has 4 aromatic carbocycles. The molecule has 0 spiro atoms. The molecule has 4 aromatic rings. The highest BCUT2D eigenvalue weighted by Crippen LogP contribution is 2.23. The highest BCUT2D eigenvalue weighted by molar-refractivity contribution is 5.85. The summed E-state index contributed by atoms with van der Waals surface area (Å²) in [5.74, 6) is 12.3. The van der Waals surface area contributed by atoms with Crippen LogP contribution in [-0.4, -0.2) is 0 Å². The van der Waals surface area contributed by atoms with E-state index in [1.54, 1.807) is 6.07 Å². The van der Waals surface area contributed by atoms with Gasteiger partial charge in [-0.05, 0) is 78.2 Å². The van der Waals surface area contributed by atoms with Gasteiger partial charge < -0.3 is 0 Å². The number of aryl methyl sites for hydroxylation is 2. The van der Waals surface area contributed by atoms with Crippen LogP contribution in [0.5, 0.6) is 0 Å². The highest BCUT2D eigenvalue weighted by atomic mass is 19.1. The van der Waals surface area contributed by atoms with E-state index in [1.807, 2.05) is 42.5 Å². The first-order valence-corrected chi connectivity index (χ1v) is 12.1. The Kier molecular flexibility index (Phi) is 7.80. The SMILES string of the molecule is CCCCc1ccc2c(F)c(C#Cc3ccc(C#Cc4ccc(CCC)cc4)cc3)ccc2c1. The molecule has 0 aliphatic carbocycles. The quantitative estimate of drug-likeness (QED) is 0.273. The fraction of sp³-hybridized carbons (Fsp3) is 0.212. The van der Waals surface area contributed by atoms with E-state index < -0.39 is 0 Å². The van der Waals surface area contributed by atoms with Crippen molar-refractivity contribution in [3.63, 3.8) is 0 Å². The fourth-order valence-electron chi connectivity index (χ4n) is 3.94. The fourth-order valence-corrected chi connectivity index (χ4v) is 3.94. The number of rotatable bonds is 5. The molecule has 4 rings (SSSR count). The molecule has 0 radical (unpaired) electrons. The van der Waals surface area contributed by atoms with Crippen molar-refractivity contribution >= 4 is 10.8 Å². The summed E-state index contributed by atoms with van der Waals surface area (Å²) in [5.41, 5.74) is 5.79. The third-order valence-corrected chi connectivity index (χ3v) is 5.91. The zero-order valence-electron chi connectivity index (χ0n) is 19.9. The minimum Gasteiger partial charge on any atom is -0.205 e. The summed E-state index contributed by atoms with van der Waals surface area (Å²) in [4.78, 5) is 0. The molecule has 0 bridgehead atoms. The van der Waals surface area contributed by atoms with Crippen molar-refractivity contribution in [2.75, 3.05) is 0 Å². The molecule has 0 heterocycles. The van der Waals surface area contributed by atoms with Crippen LogP contribution >= 0.6 is 0 Å². The molecule has 0 aliphatic heterocycles. The van der Waals surface area contributed by atoms with Crippen LogP contribution in [-0.2, 0) is 12.8 Å². The lowest BCUT2D eigenvalue weighted by molar-refractivity contribution is 0.636. The average Bonchev–Trinajstić information content (AvgIpc) is 2.87. The van der Waals surface area contributed by atoms with Crippen molar-refractivity contribution in [3.05, 3.63) is 118 Å². The number of unbranched alkanes of at least 4 members (excludes halogenated alkanes) is 1. The number of hydrogen-bond acceptors (Lipinski definition) is 0. The number of hydrogen-bond donors (Lipinski definition) is 0. The monoisotopic (exact) mass is 444 g/mol. The Morgan fingerprint density at radius 2 is 1.18 bits per heavy atom. The van der Waals surface area contributed by atoms with Crippen LogP contribution in [0.4, 0.5) is 4.39 Å². The Hall–Kier alpha value is -3.81. The standard InChI is InChI=1S/C33H29F/c1-3-5-7-29-19-23-32-31(24-29)22-21-30(33(32)34)20-18-28-16-14-27(15-17-28)13-12-26-10-8-25(6-4-2)9-11-26/h8-11,14-17,19,21-24H,3-7H2,1-2H3. The number of halogens is 1. The molecule has 0 unspecified atom stereocenters. The van der Waals surface area contributed by atoms with E-state index in [0.717, 1.165) is 54.2 Å². The molecule has 1 heteroatoms. The van der Waals surface area contributed by atoms with Gasteiger partial charge >= 0.3 is 0 Å². The largest absolute Gasteiger partial charge is 0.205 e. The molecule has 168 valence electrons. The summed E-state index contributed by atoms with van der Waals surface area (Å²) in [6.45, 7) is 4.36. The summed E-state index contributed by atoms with van der Waals surface area (Å²) in [5, 5.41) is 1.56.